The molecule has 0 aliphatic carbocycles. The van der Waals surface area contributed by atoms with Crippen molar-refractivity contribution in [2.75, 3.05) is 10.2 Å². The fraction of sp³-hybridized carbons (Fsp3) is 0.261. The molecule has 0 bridgehead atoms. The van der Waals surface area contributed by atoms with Crippen molar-refractivity contribution >= 4 is 17.5 Å². The minimum Gasteiger partial charge on any atom is -0.334 e. The number of nitrogens with one attached hydrogen (secondary N) is 1. The molecule has 0 atom stereocenters. The summed E-state index contributed by atoms with van der Waals surface area (Å²) in [5.41, 5.74) is 3.51. The van der Waals surface area contributed by atoms with E-state index in [9.17, 15) is 4.79 Å². The van der Waals surface area contributed by atoms with Crippen LogP contribution >= 0.6 is 0 Å². The van der Waals surface area contributed by atoms with Gasteiger partial charge in [0.2, 0.25) is 5.95 Å². The molecule has 0 spiro atoms. The number of hydrogen-bond acceptors (Lipinski definition) is 4. The number of amides is 1. The predicted molar refractivity (Wildman–Crippen MR) is 114 cm³/mol. The maximum Gasteiger partial charge on any atom is 0.274 e. The largest absolute Gasteiger partial charge is 0.334 e. The zero-order valence-electron chi connectivity index (χ0n) is 16.6. The van der Waals surface area contributed by atoms with Crippen molar-refractivity contribution in [2.45, 2.75) is 39.8 Å². The second kappa shape index (κ2) is 9.13. The van der Waals surface area contributed by atoms with Gasteiger partial charge in [0.25, 0.3) is 5.91 Å². The Labute approximate surface area is 166 Å². The number of rotatable bonds is 7. The highest BCUT2D eigenvalue weighted by Crippen LogP contribution is 2.17. The molecule has 1 heterocycles. The molecule has 0 radical (unpaired) electrons. The van der Waals surface area contributed by atoms with Gasteiger partial charge in [-0.05, 0) is 49.6 Å². The number of carbonyl (C=O) groups excluding carboxylic acids is 1. The van der Waals surface area contributed by atoms with E-state index in [-0.39, 0.29) is 11.9 Å². The molecule has 0 unspecified atom stereocenters. The van der Waals surface area contributed by atoms with E-state index in [0.29, 0.717) is 18.2 Å². The SMILES string of the molecule is CCc1ccc(NC(=O)c2ccnc(N(Cc3ccccc3)C(C)C)n2)cc1. The maximum absolute atomic E-state index is 12.7. The number of aromatic nitrogens is 2. The lowest BCUT2D eigenvalue weighted by atomic mass is 10.1. The van der Waals surface area contributed by atoms with Gasteiger partial charge >= 0.3 is 0 Å². The zero-order chi connectivity index (χ0) is 19.9. The predicted octanol–water partition coefficient (Wildman–Crippen LogP) is 4.71. The number of benzene rings is 2. The average molecular weight is 374 g/mol. The first kappa shape index (κ1) is 19.5. The molecule has 0 aliphatic heterocycles. The summed E-state index contributed by atoms with van der Waals surface area (Å²) in [6.45, 7) is 6.97. The van der Waals surface area contributed by atoms with Crippen LogP contribution in [0.25, 0.3) is 0 Å². The number of nitrogens with zero attached hydrogens (tertiary/aromatic N) is 3. The summed E-state index contributed by atoms with van der Waals surface area (Å²) < 4.78 is 0. The Morgan fingerprint density at radius 3 is 2.36 bits per heavy atom. The smallest absolute Gasteiger partial charge is 0.274 e. The molecule has 0 fully saturated rings. The summed E-state index contributed by atoms with van der Waals surface area (Å²) in [7, 11) is 0. The summed E-state index contributed by atoms with van der Waals surface area (Å²) in [5.74, 6) is 0.309. The second-order valence-electron chi connectivity index (χ2n) is 6.95. The Hall–Kier alpha value is -3.21. The summed E-state index contributed by atoms with van der Waals surface area (Å²) in [6.07, 6.45) is 2.60. The topological polar surface area (TPSA) is 58.1 Å². The van der Waals surface area contributed by atoms with Gasteiger partial charge in [0, 0.05) is 24.5 Å². The maximum atomic E-state index is 12.7. The van der Waals surface area contributed by atoms with Crippen LogP contribution in [0.4, 0.5) is 11.6 Å². The number of hydrogen-bond donors (Lipinski definition) is 1. The molecule has 3 aromatic rings. The van der Waals surface area contributed by atoms with Gasteiger partial charge in [-0.15, -0.1) is 0 Å². The molecule has 0 aliphatic rings. The molecule has 1 N–H and O–H groups in total. The monoisotopic (exact) mass is 374 g/mol. The molecular weight excluding hydrogens is 348 g/mol. The van der Waals surface area contributed by atoms with Gasteiger partial charge in [-0.2, -0.15) is 0 Å². The average Bonchev–Trinajstić information content (AvgIpc) is 2.73. The first-order valence-corrected chi connectivity index (χ1v) is 9.60. The minimum atomic E-state index is -0.240. The fourth-order valence-electron chi connectivity index (χ4n) is 2.90. The Kier molecular flexibility index (Phi) is 6.37. The van der Waals surface area contributed by atoms with Gasteiger partial charge in [-0.3, -0.25) is 4.79 Å². The molecule has 2 aromatic carbocycles. The molecule has 5 nitrogen and oxygen atoms in total. The van der Waals surface area contributed by atoms with Crippen LogP contribution < -0.4 is 10.2 Å². The highest BCUT2D eigenvalue weighted by Gasteiger charge is 2.17. The normalized spacial score (nSPS) is 10.7. The lowest BCUT2D eigenvalue weighted by Crippen LogP contribution is -2.32. The minimum absolute atomic E-state index is 0.195. The van der Waals surface area contributed by atoms with Gasteiger partial charge in [-0.25, -0.2) is 9.97 Å². The standard InChI is InChI=1S/C23H26N4O/c1-4-18-10-12-20(13-11-18)25-22(28)21-14-15-24-23(26-21)27(17(2)3)16-19-8-6-5-7-9-19/h5-15,17H,4,16H2,1-3H3,(H,25,28). The van der Waals surface area contributed by atoms with Gasteiger partial charge in [-0.1, -0.05) is 49.4 Å². The van der Waals surface area contributed by atoms with E-state index < -0.39 is 0 Å². The summed E-state index contributed by atoms with van der Waals surface area (Å²) >= 11 is 0. The molecule has 1 amide bonds. The van der Waals surface area contributed by atoms with Crippen LogP contribution in [0.3, 0.4) is 0 Å². The highest BCUT2D eigenvalue weighted by atomic mass is 16.1. The first-order chi connectivity index (χ1) is 13.6. The lowest BCUT2D eigenvalue weighted by molar-refractivity contribution is 0.102. The molecule has 1 aromatic heterocycles. The lowest BCUT2D eigenvalue weighted by Gasteiger charge is -2.27. The van der Waals surface area contributed by atoms with Crippen molar-refractivity contribution in [2.24, 2.45) is 0 Å². The first-order valence-electron chi connectivity index (χ1n) is 9.60. The van der Waals surface area contributed by atoms with Crippen molar-refractivity contribution < 1.29 is 4.79 Å². The Morgan fingerprint density at radius 1 is 1.00 bits per heavy atom. The van der Waals surface area contributed by atoms with Crippen LogP contribution in [0.2, 0.25) is 0 Å². The summed E-state index contributed by atoms with van der Waals surface area (Å²) in [4.78, 5) is 23.7. The molecular formula is C23H26N4O. The third-order valence-electron chi connectivity index (χ3n) is 4.57. The van der Waals surface area contributed by atoms with Crippen molar-refractivity contribution in [3.8, 4) is 0 Å². The van der Waals surface area contributed by atoms with Crippen molar-refractivity contribution in [1.29, 1.82) is 0 Å². The van der Waals surface area contributed by atoms with E-state index in [2.05, 4.69) is 53.1 Å². The number of carbonyl (C=O) groups is 1. The number of anilines is 2. The van der Waals surface area contributed by atoms with E-state index in [0.717, 1.165) is 12.1 Å². The van der Waals surface area contributed by atoms with Crippen LogP contribution in [-0.2, 0) is 13.0 Å². The van der Waals surface area contributed by atoms with Crippen LogP contribution in [0.5, 0.6) is 0 Å². The third kappa shape index (κ3) is 4.94. The highest BCUT2D eigenvalue weighted by molar-refractivity contribution is 6.02. The molecule has 5 heteroatoms. The van der Waals surface area contributed by atoms with E-state index in [1.165, 1.54) is 11.1 Å². The Balaban J connectivity index is 1.78. The van der Waals surface area contributed by atoms with Crippen LogP contribution in [0.15, 0.2) is 66.9 Å². The van der Waals surface area contributed by atoms with E-state index in [1.54, 1.807) is 12.3 Å². The van der Waals surface area contributed by atoms with Gasteiger partial charge < -0.3 is 10.2 Å². The van der Waals surface area contributed by atoms with Crippen molar-refractivity contribution in [3.63, 3.8) is 0 Å². The summed E-state index contributed by atoms with van der Waals surface area (Å²) in [5, 5.41) is 2.91. The zero-order valence-corrected chi connectivity index (χ0v) is 16.6. The molecule has 0 saturated carbocycles. The van der Waals surface area contributed by atoms with Gasteiger partial charge in [0.05, 0.1) is 0 Å². The quantitative estimate of drug-likeness (QED) is 0.651. The molecule has 144 valence electrons. The Bertz CT molecular complexity index is 907. The van der Waals surface area contributed by atoms with Crippen LogP contribution in [-0.4, -0.2) is 21.9 Å². The van der Waals surface area contributed by atoms with Gasteiger partial charge in [0.15, 0.2) is 0 Å². The van der Waals surface area contributed by atoms with E-state index in [4.69, 9.17) is 0 Å². The molecule has 3 rings (SSSR count). The van der Waals surface area contributed by atoms with Gasteiger partial charge in [0.1, 0.15) is 5.69 Å². The third-order valence-corrected chi connectivity index (χ3v) is 4.57. The molecule has 28 heavy (non-hydrogen) atoms. The fourth-order valence-corrected chi connectivity index (χ4v) is 2.90. The van der Waals surface area contributed by atoms with Crippen LogP contribution in [0.1, 0.15) is 42.4 Å². The van der Waals surface area contributed by atoms with Crippen molar-refractivity contribution in [1.82, 2.24) is 9.97 Å². The van der Waals surface area contributed by atoms with Crippen molar-refractivity contribution in [3.05, 3.63) is 83.7 Å². The number of aryl methyl sites for hydroxylation is 1. The van der Waals surface area contributed by atoms with E-state index in [1.807, 2.05) is 42.5 Å². The van der Waals surface area contributed by atoms with E-state index >= 15 is 0 Å². The molecule has 0 saturated heterocycles. The van der Waals surface area contributed by atoms with Crippen LogP contribution in [0, 0.1) is 0 Å². The summed E-state index contributed by atoms with van der Waals surface area (Å²) in [6, 6.07) is 19.9. The second-order valence-corrected chi connectivity index (χ2v) is 6.95. The Morgan fingerprint density at radius 2 is 1.71 bits per heavy atom.